The number of aromatic nitrogens is 3. The molecule has 11 heteroatoms. The third-order valence-electron chi connectivity index (χ3n) is 4.14. The summed E-state index contributed by atoms with van der Waals surface area (Å²) < 4.78 is 46.6. The Morgan fingerprint density at radius 2 is 2.00 bits per heavy atom. The highest BCUT2D eigenvalue weighted by molar-refractivity contribution is 8.14. The van der Waals surface area contributed by atoms with Crippen molar-refractivity contribution in [3.8, 4) is 17.0 Å². The van der Waals surface area contributed by atoms with Gasteiger partial charge in [-0.3, -0.25) is 15.1 Å². The fourth-order valence-corrected chi connectivity index (χ4v) is 3.49. The largest absolute Gasteiger partial charge is 0.497 e. The van der Waals surface area contributed by atoms with Crippen LogP contribution in [-0.4, -0.2) is 45.1 Å². The fraction of sp³-hybridized carbons (Fsp3) is 0.222. The number of thioether (sulfide) groups is 1. The summed E-state index contributed by atoms with van der Waals surface area (Å²) in [5, 5.41) is 6.80. The zero-order valence-corrected chi connectivity index (χ0v) is 15.8. The van der Waals surface area contributed by atoms with E-state index < -0.39 is 17.8 Å². The number of carbonyl (C=O) groups is 1. The van der Waals surface area contributed by atoms with E-state index in [2.05, 4.69) is 20.4 Å². The van der Waals surface area contributed by atoms with Crippen LogP contribution < -0.4 is 10.1 Å². The lowest BCUT2D eigenvalue weighted by Crippen LogP contribution is -2.27. The molecule has 7 nitrogen and oxygen atoms in total. The molecule has 1 aromatic carbocycles. The summed E-state index contributed by atoms with van der Waals surface area (Å²) in [7, 11) is 1.50. The Labute approximate surface area is 167 Å². The van der Waals surface area contributed by atoms with E-state index in [0.29, 0.717) is 27.5 Å². The summed E-state index contributed by atoms with van der Waals surface area (Å²) in [5.41, 5.74) is -0.709. The molecular formula is C18H14F3N5O2S. The summed E-state index contributed by atoms with van der Waals surface area (Å²) in [5.74, 6) is 0.677. The van der Waals surface area contributed by atoms with Gasteiger partial charge in [0.25, 0.3) is 5.91 Å². The first kappa shape index (κ1) is 19.2. The SMILES string of the molecule is COc1ccc(-c2cc(C(F)(F)F)n3nc(C(=O)NC4=NCCS4)cc3n2)cc1. The number of ether oxygens (including phenoxy) is 1. The number of hydrogen-bond acceptors (Lipinski definition) is 6. The maximum absolute atomic E-state index is 13.6. The first-order valence-corrected chi connectivity index (χ1v) is 9.45. The van der Waals surface area contributed by atoms with Crippen molar-refractivity contribution in [1.29, 1.82) is 0 Å². The number of nitrogens with zero attached hydrogens (tertiary/aromatic N) is 4. The Balaban J connectivity index is 1.77. The molecule has 1 amide bonds. The molecule has 0 saturated heterocycles. The molecule has 1 aliphatic heterocycles. The van der Waals surface area contributed by atoms with Crippen molar-refractivity contribution in [3.63, 3.8) is 0 Å². The second-order valence-corrected chi connectivity index (χ2v) is 7.13. The minimum Gasteiger partial charge on any atom is -0.497 e. The Hall–Kier alpha value is -3.08. The van der Waals surface area contributed by atoms with E-state index in [-0.39, 0.29) is 17.0 Å². The van der Waals surface area contributed by atoms with Crippen LogP contribution in [-0.2, 0) is 6.18 Å². The molecule has 150 valence electrons. The van der Waals surface area contributed by atoms with Crippen LogP contribution in [0.1, 0.15) is 16.2 Å². The Bertz CT molecular complexity index is 1110. The number of rotatable bonds is 3. The monoisotopic (exact) mass is 421 g/mol. The number of fused-ring (bicyclic) bond motifs is 1. The van der Waals surface area contributed by atoms with Gasteiger partial charge in [-0.15, -0.1) is 0 Å². The lowest BCUT2D eigenvalue weighted by Gasteiger charge is -2.11. The lowest BCUT2D eigenvalue weighted by atomic mass is 10.1. The summed E-state index contributed by atoms with van der Waals surface area (Å²) in [6, 6.07) is 8.60. The molecule has 0 aliphatic carbocycles. The van der Waals surface area contributed by atoms with E-state index >= 15 is 0 Å². The van der Waals surface area contributed by atoms with Gasteiger partial charge in [-0.05, 0) is 30.3 Å². The van der Waals surface area contributed by atoms with Crippen LogP contribution in [0.4, 0.5) is 13.2 Å². The highest BCUT2D eigenvalue weighted by Crippen LogP contribution is 2.32. The molecular weight excluding hydrogens is 407 g/mol. The molecule has 0 atom stereocenters. The van der Waals surface area contributed by atoms with Crippen LogP contribution in [0.2, 0.25) is 0 Å². The van der Waals surface area contributed by atoms with Crippen molar-refractivity contribution in [3.05, 3.63) is 47.8 Å². The zero-order chi connectivity index (χ0) is 20.6. The second kappa shape index (κ2) is 7.39. The van der Waals surface area contributed by atoms with Crippen LogP contribution in [0.5, 0.6) is 5.75 Å². The van der Waals surface area contributed by atoms with Gasteiger partial charge in [-0.25, -0.2) is 9.50 Å². The number of benzene rings is 1. The summed E-state index contributed by atoms with van der Waals surface area (Å²) in [6.07, 6.45) is -4.69. The highest BCUT2D eigenvalue weighted by atomic mass is 32.2. The molecule has 29 heavy (non-hydrogen) atoms. The van der Waals surface area contributed by atoms with E-state index in [0.717, 1.165) is 11.8 Å². The van der Waals surface area contributed by atoms with Crippen molar-refractivity contribution < 1.29 is 22.7 Å². The molecule has 3 aromatic rings. The van der Waals surface area contributed by atoms with Crippen molar-refractivity contribution in [1.82, 2.24) is 19.9 Å². The van der Waals surface area contributed by atoms with Gasteiger partial charge < -0.3 is 4.74 Å². The van der Waals surface area contributed by atoms with Gasteiger partial charge in [-0.1, -0.05) is 11.8 Å². The quantitative estimate of drug-likeness (QED) is 0.702. The summed E-state index contributed by atoms with van der Waals surface area (Å²) in [4.78, 5) is 20.7. The van der Waals surface area contributed by atoms with Crippen molar-refractivity contribution in [2.24, 2.45) is 4.99 Å². The molecule has 0 bridgehead atoms. The summed E-state index contributed by atoms with van der Waals surface area (Å²) in [6.45, 7) is 0.580. The van der Waals surface area contributed by atoms with Crippen LogP contribution in [0.15, 0.2) is 41.4 Å². The first-order chi connectivity index (χ1) is 13.8. The van der Waals surface area contributed by atoms with Gasteiger partial charge >= 0.3 is 6.18 Å². The number of nitrogens with one attached hydrogen (secondary N) is 1. The number of hydrogen-bond donors (Lipinski definition) is 1. The standard InChI is InChI=1S/C18H14F3N5O2S/c1-28-11-4-2-10(3-5-11)12-8-14(18(19,20)21)26-15(23-12)9-13(25-26)16(27)24-17-22-6-7-29-17/h2-5,8-9H,6-7H2,1H3,(H,22,24,27). The number of carbonyl (C=O) groups excluding carboxylic acids is 1. The second-order valence-electron chi connectivity index (χ2n) is 6.04. The number of alkyl halides is 3. The van der Waals surface area contributed by atoms with Gasteiger partial charge in [-0.2, -0.15) is 18.3 Å². The Kier molecular flexibility index (Phi) is 4.91. The fourth-order valence-electron chi connectivity index (χ4n) is 2.77. The topological polar surface area (TPSA) is 80.9 Å². The van der Waals surface area contributed by atoms with E-state index in [1.165, 1.54) is 24.9 Å². The smallest absolute Gasteiger partial charge is 0.433 e. The molecule has 1 N–H and O–H groups in total. The number of aliphatic imine (C=N–C) groups is 1. The predicted octanol–water partition coefficient (Wildman–Crippen LogP) is 3.26. The lowest BCUT2D eigenvalue weighted by molar-refractivity contribution is -0.142. The van der Waals surface area contributed by atoms with Gasteiger partial charge in [0.2, 0.25) is 0 Å². The average molecular weight is 421 g/mol. The molecule has 0 spiro atoms. The van der Waals surface area contributed by atoms with Crippen molar-refractivity contribution in [2.75, 3.05) is 19.4 Å². The maximum atomic E-state index is 13.6. The normalized spacial score (nSPS) is 14.1. The van der Waals surface area contributed by atoms with Gasteiger partial charge in [0.1, 0.15) is 5.75 Å². The van der Waals surface area contributed by atoms with Gasteiger partial charge in [0, 0.05) is 17.4 Å². The maximum Gasteiger partial charge on any atom is 0.433 e. The van der Waals surface area contributed by atoms with E-state index in [9.17, 15) is 18.0 Å². The van der Waals surface area contributed by atoms with Gasteiger partial charge in [0.15, 0.2) is 22.2 Å². The van der Waals surface area contributed by atoms with Crippen molar-refractivity contribution in [2.45, 2.75) is 6.18 Å². The molecule has 4 rings (SSSR count). The minimum atomic E-state index is -4.69. The number of halogens is 3. The summed E-state index contributed by atoms with van der Waals surface area (Å²) >= 11 is 1.36. The van der Waals surface area contributed by atoms with E-state index in [1.54, 1.807) is 24.3 Å². The van der Waals surface area contributed by atoms with Crippen LogP contribution in [0.3, 0.4) is 0 Å². The van der Waals surface area contributed by atoms with Crippen LogP contribution in [0, 0.1) is 0 Å². The molecule has 0 fully saturated rings. The third kappa shape index (κ3) is 3.90. The van der Waals surface area contributed by atoms with Gasteiger partial charge in [0.05, 0.1) is 19.3 Å². The van der Waals surface area contributed by atoms with Crippen molar-refractivity contribution >= 4 is 28.5 Å². The van der Waals surface area contributed by atoms with E-state index in [4.69, 9.17) is 4.74 Å². The first-order valence-electron chi connectivity index (χ1n) is 8.46. The average Bonchev–Trinajstić information content (AvgIpc) is 3.35. The van der Waals surface area contributed by atoms with E-state index in [1.807, 2.05) is 0 Å². The number of amides is 1. The molecule has 0 radical (unpaired) electrons. The minimum absolute atomic E-state index is 0.0863. The number of methoxy groups -OCH3 is 1. The Morgan fingerprint density at radius 3 is 2.62 bits per heavy atom. The molecule has 3 heterocycles. The molecule has 0 unspecified atom stereocenters. The predicted molar refractivity (Wildman–Crippen MR) is 102 cm³/mol. The molecule has 2 aromatic heterocycles. The van der Waals surface area contributed by atoms with Crippen LogP contribution >= 0.6 is 11.8 Å². The number of amidine groups is 1. The molecule has 1 aliphatic rings. The third-order valence-corrected chi connectivity index (χ3v) is 5.03. The molecule has 0 saturated carbocycles. The van der Waals surface area contributed by atoms with Crippen LogP contribution in [0.25, 0.3) is 16.9 Å². The zero-order valence-electron chi connectivity index (χ0n) is 15.0. The highest BCUT2D eigenvalue weighted by Gasteiger charge is 2.35. The Morgan fingerprint density at radius 1 is 1.24 bits per heavy atom.